The standard InChI is InChI=1S/C27H34Cl2N2O3.C2H6/c1-7-19-16-21(17-24(29)25(19)33-15-13-28)27(3,4)20-8-10-22(11-9-20)34-18(2)23-12-14-30-26(23)31(5)32-6;1-2/h8-11,14,16-18H,7,12-13,15H2,1-6H3;1-2H3. The number of aryl methyl sites for hydroxylation is 1. The van der Waals surface area contributed by atoms with Gasteiger partial charge >= 0.3 is 0 Å². The van der Waals surface area contributed by atoms with E-state index >= 15 is 0 Å². The highest BCUT2D eigenvalue weighted by atomic mass is 35.5. The van der Waals surface area contributed by atoms with E-state index in [1.165, 1.54) is 5.56 Å². The van der Waals surface area contributed by atoms with Gasteiger partial charge in [-0.15, -0.1) is 11.6 Å². The smallest absolute Gasteiger partial charge is 0.154 e. The van der Waals surface area contributed by atoms with Crippen molar-refractivity contribution >= 4 is 29.4 Å². The lowest BCUT2D eigenvalue weighted by atomic mass is 9.77. The third kappa shape index (κ3) is 6.96. The van der Waals surface area contributed by atoms with Gasteiger partial charge in [0.05, 0.1) is 18.0 Å². The minimum absolute atomic E-state index is 0.125. The van der Waals surface area contributed by atoms with Crippen molar-refractivity contribution in [3.05, 3.63) is 69.5 Å². The van der Waals surface area contributed by atoms with Crippen molar-refractivity contribution in [3.8, 4) is 11.5 Å². The summed E-state index contributed by atoms with van der Waals surface area (Å²) in [6, 6.07) is 12.4. The first kappa shape index (κ1) is 30.0. The number of benzene rings is 2. The third-order valence-corrected chi connectivity index (χ3v) is 6.75. The van der Waals surface area contributed by atoms with E-state index in [4.69, 9.17) is 37.5 Å². The third-order valence-electron chi connectivity index (χ3n) is 6.31. The van der Waals surface area contributed by atoms with Gasteiger partial charge in [0.25, 0.3) is 0 Å². The number of halogens is 2. The lowest BCUT2D eigenvalue weighted by Gasteiger charge is -2.28. The lowest BCUT2D eigenvalue weighted by molar-refractivity contribution is -0.0794. The van der Waals surface area contributed by atoms with E-state index in [0.29, 0.717) is 17.5 Å². The molecule has 0 fully saturated rings. The molecule has 0 radical (unpaired) electrons. The van der Waals surface area contributed by atoms with Crippen molar-refractivity contribution in [2.24, 2.45) is 4.99 Å². The summed E-state index contributed by atoms with van der Waals surface area (Å²) in [6.07, 6.45) is 3.33. The van der Waals surface area contributed by atoms with Gasteiger partial charge in [0.15, 0.2) is 5.82 Å². The van der Waals surface area contributed by atoms with Crippen molar-refractivity contribution in [2.75, 3.05) is 26.6 Å². The SMILES string of the molecule is CC.CCc1cc(C(C)(C)c2ccc(OC(C)C3=C(N(C)OC)N=CC3)cc2)cc(Cl)c1OCCCl. The highest BCUT2D eigenvalue weighted by Crippen LogP contribution is 2.39. The fourth-order valence-electron chi connectivity index (χ4n) is 4.09. The van der Waals surface area contributed by atoms with Crippen LogP contribution in [0.4, 0.5) is 0 Å². The molecule has 2 aromatic carbocycles. The van der Waals surface area contributed by atoms with Gasteiger partial charge in [-0.25, -0.2) is 10.1 Å². The maximum absolute atomic E-state index is 6.62. The Balaban J connectivity index is 0.00000222. The van der Waals surface area contributed by atoms with Crippen LogP contribution in [0.5, 0.6) is 11.5 Å². The van der Waals surface area contributed by atoms with E-state index in [-0.39, 0.29) is 11.5 Å². The lowest BCUT2D eigenvalue weighted by Crippen LogP contribution is -2.22. The van der Waals surface area contributed by atoms with Crippen LogP contribution in [0.3, 0.4) is 0 Å². The first-order valence-electron chi connectivity index (χ1n) is 12.5. The molecule has 0 N–H and O–H groups in total. The molecule has 0 aliphatic carbocycles. The topological polar surface area (TPSA) is 43.3 Å². The molecule has 36 heavy (non-hydrogen) atoms. The summed E-state index contributed by atoms with van der Waals surface area (Å²) in [6.45, 7) is 13.0. The number of rotatable bonds is 11. The Morgan fingerprint density at radius 3 is 2.36 bits per heavy atom. The van der Waals surface area contributed by atoms with Gasteiger partial charge in [0, 0.05) is 30.7 Å². The van der Waals surface area contributed by atoms with Crippen molar-refractivity contribution in [1.82, 2.24) is 5.06 Å². The van der Waals surface area contributed by atoms with Crippen LogP contribution < -0.4 is 9.47 Å². The second kappa shape index (κ2) is 13.9. The zero-order chi connectivity index (χ0) is 26.9. The van der Waals surface area contributed by atoms with Crippen LogP contribution in [0, 0.1) is 0 Å². The van der Waals surface area contributed by atoms with Crippen molar-refractivity contribution < 1.29 is 14.3 Å². The molecule has 1 unspecified atom stereocenters. The maximum atomic E-state index is 6.62. The monoisotopic (exact) mass is 534 g/mol. The van der Waals surface area contributed by atoms with E-state index < -0.39 is 0 Å². The van der Waals surface area contributed by atoms with Gasteiger partial charge in [0.1, 0.15) is 24.2 Å². The maximum Gasteiger partial charge on any atom is 0.154 e. The average Bonchev–Trinajstić information content (AvgIpc) is 3.39. The van der Waals surface area contributed by atoms with Crippen LogP contribution in [-0.4, -0.2) is 44.0 Å². The summed E-state index contributed by atoms with van der Waals surface area (Å²) in [5.41, 5.74) is 4.22. The van der Waals surface area contributed by atoms with Gasteiger partial charge in [-0.2, -0.15) is 0 Å². The average molecular weight is 536 g/mol. The zero-order valence-corrected chi connectivity index (χ0v) is 24.3. The zero-order valence-electron chi connectivity index (χ0n) is 22.8. The molecule has 0 bridgehead atoms. The van der Waals surface area contributed by atoms with E-state index in [1.807, 2.05) is 52.2 Å². The molecule has 2 aromatic rings. The van der Waals surface area contributed by atoms with Gasteiger partial charge in [-0.1, -0.05) is 64.4 Å². The molecule has 0 spiro atoms. The fraction of sp³-hybridized carbons (Fsp3) is 0.483. The second-order valence-corrected chi connectivity index (χ2v) is 9.58. The van der Waals surface area contributed by atoms with Crippen LogP contribution in [0.15, 0.2) is 52.8 Å². The van der Waals surface area contributed by atoms with Crippen molar-refractivity contribution in [2.45, 2.75) is 65.9 Å². The Kier molecular flexibility index (Phi) is 11.6. The largest absolute Gasteiger partial charge is 0.490 e. The number of hydrogen-bond acceptors (Lipinski definition) is 5. The molecular formula is C29H40Cl2N2O3. The minimum Gasteiger partial charge on any atom is -0.490 e. The Labute approximate surface area is 227 Å². The number of aliphatic imine (C=N–C) groups is 1. The van der Waals surface area contributed by atoms with Gasteiger partial charge < -0.3 is 9.47 Å². The van der Waals surface area contributed by atoms with Crippen LogP contribution in [0.25, 0.3) is 0 Å². The van der Waals surface area contributed by atoms with E-state index in [1.54, 1.807) is 12.2 Å². The summed E-state index contributed by atoms with van der Waals surface area (Å²) >= 11 is 12.4. The highest BCUT2D eigenvalue weighted by molar-refractivity contribution is 6.32. The van der Waals surface area contributed by atoms with Crippen LogP contribution in [0.2, 0.25) is 5.02 Å². The second-order valence-electron chi connectivity index (χ2n) is 8.79. The van der Waals surface area contributed by atoms with Crippen LogP contribution in [-0.2, 0) is 16.7 Å². The van der Waals surface area contributed by atoms with Crippen LogP contribution >= 0.6 is 23.2 Å². The number of nitrogens with zero attached hydrogens (tertiary/aromatic N) is 2. The number of ether oxygens (including phenoxy) is 2. The Morgan fingerprint density at radius 1 is 1.11 bits per heavy atom. The molecule has 7 heteroatoms. The number of alkyl halides is 1. The summed E-state index contributed by atoms with van der Waals surface area (Å²) < 4.78 is 12.0. The van der Waals surface area contributed by atoms with E-state index in [2.05, 4.69) is 44.0 Å². The molecule has 1 heterocycles. The number of hydrogen-bond donors (Lipinski definition) is 0. The Bertz CT molecular complexity index is 1050. The van der Waals surface area contributed by atoms with Crippen molar-refractivity contribution in [1.29, 1.82) is 0 Å². The molecule has 5 nitrogen and oxygen atoms in total. The highest BCUT2D eigenvalue weighted by Gasteiger charge is 2.26. The minimum atomic E-state index is -0.251. The molecule has 1 aliphatic heterocycles. The molecule has 0 aromatic heterocycles. The summed E-state index contributed by atoms with van der Waals surface area (Å²) in [5.74, 6) is 2.76. The van der Waals surface area contributed by atoms with Gasteiger partial charge in [-0.05, 0) is 48.2 Å². The van der Waals surface area contributed by atoms with Crippen molar-refractivity contribution in [3.63, 3.8) is 0 Å². The first-order chi connectivity index (χ1) is 17.2. The van der Waals surface area contributed by atoms with Gasteiger partial charge in [0.2, 0.25) is 0 Å². The Morgan fingerprint density at radius 2 is 1.78 bits per heavy atom. The van der Waals surface area contributed by atoms with E-state index in [9.17, 15) is 0 Å². The molecule has 0 saturated heterocycles. The summed E-state index contributed by atoms with van der Waals surface area (Å²) in [7, 11) is 3.47. The summed E-state index contributed by atoms with van der Waals surface area (Å²) in [5, 5.41) is 2.27. The molecular weight excluding hydrogens is 495 g/mol. The summed E-state index contributed by atoms with van der Waals surface area (Å²) in [4.78, 5) is 9.72. The molecule has 1 aliphatic rings. The molecule has 1 atom stereocenters. The molecule has 0 amide bonds. The Hall–Kier alpha value is -2.21. The molecule has 3 rings (SSSR count). The quantitative estimate of drug-likeness (QED) is 0.217. The molecule has 198 valence electrons. The predicted octanol–water partition coefficient (Wildman–Crippen LogP) is 7.82. The van der Waals surface area contributed by atoms with Gasteiger partial charge in [-0.3, -0.25) is 4.84 Å². The molecule has 0 saturated carbocycles. The van der Waals surface area contributed by atoms with E-state index in [0.717, 1.165) is 46.9 Å². The first-order valence-corrected chi connectivity index (χ1v) is 13.5. The van der Waals surface area contributed by atoms with Crippen LogP contribution in [0.1, 0.15) is 64.7 Å². The number of hydroxylamine groups is 2. The normalized spacial score (nSPS) is 13.8. The fourth-order valence-corrected chi connectivity index (χ4v) is 4.46. The predicted molar refractivity (Wildman–Crippen MR) is 152 cm³/mol.